The first-order valence-corrected chi connectivity index (χ1v) is 54.1. The van der Waals surface area contributed by atoms with Crippen LogP contribution in [0.2, 0.25) is 0 Å². The van der Waals surface area contributed by atoms with Crippen LogP contribution in [0.15, 0.2) is 182 Å². The van der Waals surface area contributed by atoms with Crippen LogP contribution in [0, 0.1) is 0 Å². The van der Waals surface area contributed by atoms with Crippen LogP contribution in [-0.4, -0.2) is 95.9 Å². The summed E-state index contributed by atoms with van der Waals surface area (Å²) in [5.41, 5.74) is 0. The second kappa shape index (κ2) is 99.7. The molecule has 0 aromatic rings. The van der Waals surface area contributed by atoms with Crippen LogP contribution in [0.3, 0.4) is 0 Å². The minimum absolute atomic E-state index is 0.0900. The highest BCUT2D eigenvalue weighted by Gasteiger charge is 2.30. The maximum Gasteiger partial charge on any atom is 0.472 e. The normalized spacial score (nSPS) is 14.4. The highest BCUT2D eigenvalue weighted by molar-refractivity contribution is 7.47. The Labute approximate surface area is 776 Å². The van der Waals surface area contributed by atoms with E-state index in [4.69, 9.17) is 32.3 Å². The summed E-state index contributed by atoms with van der Waals surface area (Å²) in [4.78, 5) is 59.2. The van der Waals surface area contributed by atoms with Crippen molar-refractivity contribution in [1.29, 1.82) is 0 Å². The second-order valence-corrected chi connectivity index (χ2v) is 36.8. The summed E-state index contributed by atoms with van der Waals surface area (Å²) in [5, 5.41) is 20.8. The van der Waals surface area contributed by atoms with E-state index in [1.807, 2.05) is 0 Å². The van der Waals surface area contributed by atoms with Crippen molar-refractivity contribution in [3.63, 3.8) is 0 Å². The molecule has 127 heavy (non-hydrogen) atoms. The van der Waals surface area contributed by atoms with Crippen molar-refractivity contribution in [3.8, 4) is 0 Å². The van der Waals surface area contributed by atoms with Crippen LogP contribution in [0.1, 0.15) is 432 Å². The van der Waals surface area contributed by atoms with Crippen LogP contribution in [0.5, 0.6) is 0 Å². The summed E-state index contributed by atoms with van der Waals surface area (Å²) in [5.74, 6) is -1.57. The topological polar surface area (TPSA) is 231 Å². The number of carbonyl (C=O) groups excluding carboxylic acids is 3. The van der Waals surface area contributed by atoms with Gasteiger partial charge in [-0.05, 0) is 161 Å². The van der Waals surface area contributed by atoms with Gasteiger partial charge in [0.05, 0.1) is 26.4 Å². The average molecular weight is 1810 g/mol. The number of phosphoric ester groups is 2. The van der Waals surface area contributed by atoms with E-state index in [0.717, 1.165) is 173 Å². The first kappa shape index (κ1) is 122. The van der Waals surface area contributed by atoms with Crippen molar-refractivity contribution in [3.05, 3.63) is 182 Å². The van der Waals surface area contributed by atoms with Gasteiger partial charge in [0.1, 0.15) is 25.4 Å². The zero-order chi connectivity index (χ0) is 92.1. The molecule has 5 unspecified atom stereocenters. The van der Waals surface area contributed by atoms with Crippen molar-refractivity contribution in [2.24, 2.45) is 0 Å². The first-order valence-electron chi connectivity index (χ1n) is 51.1. The summed E-state index contributed by atoms with van der Waals surface area (Å²) in [6.07, 6.45) is 132. The lowest BCUT2D eigenvalue weighted by Gasteiger charge is -2.21. The van der Waals surface area contributed by atoms with E-state index in [9.17, 15) is 43.5 Å². The highest BCUT2D eigenvalue weighted by Crippen LogP contribution is 2.45. The minimum Gasteiger partial charge on any atom is -0.463 e. The second-order valence-electron chi connectivity index (χ2n) is 33.9. The Morgan fingerprint density at radius 1 is 0.228 bits per heavy atom. The molecule has 16 nitrogen and oxygen atoms in total. The van der Waals surface area contributed by atoms with E-state index in [1.165, 1.54) is 199 Å². The molecular formula is C109H186O16P2. The van der Waals surface area contributed by atoms with E-state index in [-0.39, 0.29) is 19.3 Å². The number of hydrogen-bond donors (Lipinski definition) is 4. The van der Waals surface area contributed by atoms with Gasteiger partial charge in [0.25, 0.3) is 0 Å². The molecule has 5 atom stereocenters. The number of aliphatic hydroxyl groups excluding tert-OH is 2. The standard InChI is InChI=1S/C109H186O16P2/c1-4-7-10-13-16-19-22-25-28-31-34-37-40-42-44-46-48-50-51-53-55-56-58-60-63-65-68-71-74-77-80-83-86-89-92-95-107(112)119-98-104(110)99-121-126(115,116)122-100-105(111)101-123-127(117,118)124-103-106(125-109(114)97-94-91-88-85-82-79-76-73-70-67-62-39-36-33-30-27-24-21-18-15-12-9-6-3)102-120-108(113)96-93-90-87-84-81-78-75-72-69-66-64-61-59-57-54-52-49-47-45-43-41-38-35-32-29-26-23-20-17-14-11-8-5-2/h7-8,10-11,16-21,25-30,34-39,42-45,48,50,67,70,104-106,110-111H,4-6,9,12-15,22-24,31-33,40-41,46-47,49,51-66,68-69,71-103H2,1-3H3,(H,115,116)(H,117,118)/b10-7-,11-8-,19-16-,20-17-,21-18-,28-25-,29-26-,30-27-,37-34-,38-35-,39-36-,44-42-,45-43-,50-48-,70-67-. The monoisotopic (exact) mass is 1810 g/mol. The van der Waals surface area contributed by atoms with Gasteiger partial charge < -0.3 is 34.2 Å². The number of esters is 3. The molecule has 18 heteroatoms. The molecule has 0 aliphatic heterocycles. The van der Waals surface area contributed by atoms with Gasteiger partial charge in [-0.2, -0.15) is 0 Å². The molecule has 0 fully saturated rings. The lowest BCUT2D eigenvalue weighted by molar-refractivity contribution is -0.161. The van der Waals surface area contributed by atoms with Gasteiger partial charge in [0.15, 0.2) is 6.10 Å². The highest BCUT2D eigenvalue weighted by atomic mass is 31.2. The molecule has 0 aliphatic carbocycles. The average Bonchev–Trinajstić information content (AvgIpc) is 0.899. The first-order chi connectivity index (χ1) is 62.2. The molecule has 0 bridgehead atoms. The molecule has 0 aliphatic rings. The van der Waals surface area contributed by atoms with Gasteiger partial charge in [-0.3, -0.25) is 32.5 Å². The number of hydrogen-bond acceptors (Lipinski definition) is 14. The molecule has 0 rings (SSSR count). The molecule has 0 saturated heterocycles. The lowest BCUT2D eigenvalue weighted by atomic mass is 10.0. The number of ether oxygens (including phenoxy) is 3. The lowest BCUT2D eigenvalue weighted by Crippen LogP contribution is -2.30. The fourth-order valence-electron chi connectivity index (χ4n) is 13.9. The molecule has 0 saturated carbocycles. The van der Waals surface area contributed by atoms with E-state index < -0.39 is 91.5 Å². The number of allylic oxidation sites excluding steroid dienone is 30. The van der Waals surface area contributed by atoms with Crippen molar-refractivity contribution >= 4 is 33.6 Å². The van der Waals surface area contributed by atoms with Crippen molar-refractivity contribution < 1.29 is 75.8 Å². The molecule has 0 aromatic heterocycles. The van der Waals surface area contributed by atoms with Gasteiger partial charge >= 0.3 is 33.6 Å². The maximum atomic E-state index is 13.1. The Balaban J connectivity index is 4.56. The molecule has 0 radical (unpaired) electrons. The Morgan fingerprint density at radius 3 is 0.661 bits per heavy atom. The number of carbonyl (C=O) groups is 3. The number of rotatable bonds is 96. The molecule has 0 spiro atoms. The Morgan fingerprint density at radius 2 is 0.417 bits per heavy atom. The number of phosphoric acid groups is 2. The molecule has 0 aromatic carbocycles. The molecule has 0 amide bonds. The van der Waals surface area contributed by atoms with Gasteiger partial charge in [-0.15, -0.1) is 0 Å². The van der Waals surface area contributed by atoms with E-state index >= 15 is 0 Å². The molecular weight excluding hydrogens is 1630 g/mol. The predicted molar refractivity (Wildman–Crippen MR) is 537 cm³/mol. The van der Waals surface area contributed by atoms with Crippen molar-refractivity contribution in [2.75, 3.05) is 39.6 Å². The van der Waals surface area contributed by atoms with Gasteiger partial charge in [-0.25, -0.2) is 9.13 Å². The Kier molecular flexibility index (Phi) is 95.5. The van der Waals surface area contributed by atoms with Crippen LogP contribution >= 0.6 is 15.6 Å². The fraction of sp³-hybridized carbons (Fsp3) is 0.697. The van der Waals surface area contributed by atoms with Crippen LogP contribution < -0.4 is 0 Å². The largest absolute Gasteiger partial charge is 0.472 e. The summed E-state index contributed by atoms with van der Waals surface area (Å²) >= 11 is 0. The van der Waals surface area contributed by atoms with Gasteiger partial charge in [-0.1, -0.05) is 434 Å². The quantitative estimate of drug-likeness (QED) is 0.0146. The third-order valence-electron chi connectivity index (χ3n) is 21.6. The third-order valence-corrected chi connectivity index (χ3v) is 23.5. The molecule has 0 heterocycles. The smallest absolute Gasteiger partial charge is 0.463 e. The summed E-state index contributed by atoms with van der Waals surface area (Å²) < 4.78 is 61.7. The minimum atomic E-state index is -4.95. The maximum absolute atomic E-state index is 13.1. The predicted octanol–water partition coefficient (Wildman–Crippen LogP) is 32.3. The number of aliphatic hydroxyl groups is 2. The van der Waals surface area contributed by atoms with Crippen LogP contribution in [0.25, 0.3) is 0 Å². The van der Waals surface area contributed by atoms with Gasteiger partial charge in [0, 0.05) is 19.3 Å². The Bertz CT molecular complexity index is 3040. The zero-order valence-electron chi connectivity index (χ0n) is 80.6. The van der Waals surface area contributed by atoms with Crippen LogP contribution in [0.4, 0.5) is 0 Å². The fourth-order valence-corrected chi connectivity index (χ4v) is 15.5. The zero-order valence-corrected chi connectivity index (χ0v) is 82.4. The van der Waals surface area contributed by atoms with Gasteiger partial charge in [0.2, 0.25) is 0 Å². The van der Waals surface area contributed by atoms with Crippen molar-refractivity contribution in [2.45, 2.75) is 450 Å². The van der Waals surface area contributed by atoms with Crippen LogP contribution in [-0.2, 0) is 55.8 Å². The summed E-state index contributed by atoms with van der Waals surface area (Å²) in [6, 6.07) is 0. The van der Waals surface area contributed by atoms with E-state index in [1.54, 1.807) is 0 Å². The van der Waals surface area contributed by atoms with Crippen molar-refractivity contribution in [1.82, 2.24) is 0 Å². The van der Waals surface area contributed by atoms with E-state index in [2.05, 4.69) is 203 Å². The number of unbranched alkanes of at least 4 members (excludes halogenated alkanes) is 43. The third kappa shape index (κ3) is 101. The summed E-state index contributed by atoms with van der Waals surface area (Å²) in [7, 11) is -9.82. The summed E-state index contributed by atoms with van der Waals surface area (Å²) in [6.45, 7) is 2.48. The molecule has 728 valence electrons. The SMILES string of the molecule is CC/C=C\C/C=C\C/C=C\C/C=C\C/C=C\C/C=C\CCCCCCCCCCCCCCCCCCC(=O)OCC(O)COP(=O)(O)OCC(O)COP(=O)(O)OCC(COC(=O)CCCCCCCCCCCCCCCCCCC/C=C\C/C=C\C/C=C\C/C=C\C/C=C\CC)OC(=O)CCCCCCCCC/C=C\C/C=C\C/C=C\C/C=C\CCCCC. The Hall–Kier alpha value is -5.35. The van der Waals surface area contributed by atoms with E-state index in [0.29, 0.717) is 19.3 Å². The molecule has 4 N–H and O–H groups in total.